The van der Waals surface area contributed by atoms with Crippen molar-refractivity contribution in [3.8, 4) is 11.5 Å². The number of carbonyl (C=O) groups excluding carboxylic acids is 1. The Balaban J connectivity index is 1.88. The number of benzene rings is 1. The van der Waals surface area contributed by atoms with E-state index in [-0.39, 0.29) is 17.2 Å². The van der Waals surface area contributed by atoms with Gasteiger partial charge in [0.05, 0.1) is 23.0 Å². The number of hydrogen-bond acceptors (Lipinski definition) is 4. The zero-order chi connectivity index (χ0) is 22.5. The Bertz CT molecular complexity index is 866. The van der Waals surface area contributed by atoms with E-state index in [1.54, 1.807) is 6.92 Å². The highest BCUT2D eigenvalue weighted by molar-refractivity contribution is 5.77. The van der Waals surface area contributed by atoms with Crippen LogP contribution in [0.2, 0.25) is 0 Å². The zero-order valence-corrected chi connectivity index (χ0v) is 15.9. The Labute approximate surface area is 168 Å². The van der Waals surface area contributed by atoms with Crippen LogP contribution in [-0.4, -0.2) is 30.3 Å². The second kappa shape index (κ2) is 9.23. The molecule has 164 valence electrons. The molecule has 1 atom stereocenters. The second-order valence-corrected chi connectivity index (χ2v) is 6.32. The van der Waals surface area contributed by atoms with E-state index in [2.05, 4.69) is 15.0 Å². The summed E-state index contributed by atoms with van der Waals surface area (Å²) >= 11 is 0. The monoisotopic (exact) mass is 436 g/mol. The Kier molecular flexibility index (Phi) is 7.16. The molecule has 0 bridgehead atoms. The average molecular weight is 436 g/mol. The van der Waals surface area contributed by atoms with Gasteiger partial charge in [0.15, 0.2) is 13.2 Å². The normalized spacial score (nSPS) is 12.9. The first-order chi connectivity index (χ1) is 13.8. The lowest BCUT2D eigenvalue weighted by atomic mass is 10.2. The summed E-state index contributed by atoms with van der Waals surface area (Å²) in [6.07, 6.45) is -8.94. The van der Waals surface area contributed by atoms with Crippen LogP contribution in [0.1, 0.15) is 29.9 Å². The summed E-state index contributed by atoms with van der Waals surface area (Å²) in [5, 5.41) is 2.58. The highest BCUT2D eigenvalue weighted by Crippen LogP contribution is 2.30. The van der Waals surface area contributed by atoms with Gasteiger partial charge < -0.3 is 14.8 Å². The first kappa shape index (κ1) is 23.3. The van der Waals surface area contributed by atoms with Crippen molar-refractivity contribution in [3.63, 3.8) is 0 Å². The number of aromatic nitrogens is 1. The standard InChI is InChI=1S/C19H18F6N2O3/c1-11(15-7-8-16(12(2)26-15)30-10-18(20,21)22)27-17(28)9-29-14-5-3-13(4-6-14)19(23,24)25/h3-8,11H,9-10H2,1-2H3,(H,27,28)/t11-/m1/s1. The van der Waals surface area contributed by atoms with Crippen molar-refractivity contribution in [1.29, 1.82) is 0 Å². The van der Waals surface area contributed by atoms with Crippen LogP contribution in [0, 0.1) is 6.92 Å². The lowest BCUT2D eigenvalue weighted by Crippen LogP contribution is -2.31. The molecular formula is C19H18F6N2O3. The van der Waals surface area contributed by atoms with Crippen LogP contribution >= 0.6 is 0 Å². The van der Waals surface area contributed by atoms with Crippen molar-refractivity contribution in [3.05, 3.63) is 53.3 Å². The smallest absolute Gasteiger partial charge is 0.422 e. The van der Waals surface area contributed by atoms with Gasteiger partial charge in [-0.1, -0.05) is 0 Å². The number of nitrogens with zero attached hydrogens (tertiary/aromatic N) is 1. The average Bonchev–Trinajstić information content (AvgIpc) is 2.64. The van der Waals surface area contributed by atoms with Gasteiger partial charge in [-0.25, -0.2) is 0 Å². The number of aryl methyl sites for hydroxylation is 1. The molecule has 1 N–H and O–H groups in total. The maximum absolute atomic E-state index is 12.5. The van der Waals surface area contributed by atoms with Crippen LogP contribution in [0.3, 0.4) is 0 Å². The van der Waals surface area contributed by atoms with E-state index in [0.29, 0.717) is 5.69 Å². The van der Waals surface area contributed by atoms with E-state index in [1.165, 1.54) is 19.1 Å². The molecular weight excluding hydrogens is 418 g/mol. The molecule has 2 aromatic rings. The van der Waals surface area contributed by atoms with E-state index in [1.807, 2.05) is 0 Å². The van der Waals surface area contributed by atoms with E-state index >= 15 is 0 Å². The molecule has 0 spiro atoms. The van der Waals surface area contributed by atoms with Gasteiger partial charge in [0.2, 0.25) is 0 Å². The maximum atomic E-state index is 12.5. The summed E-state index contributed by atoms with van der Waals surface area (Å²) in [6, 6.07) is 6.03. The minimum Gasteiger partial charge on any atom is -0.484 e. The summed E-state index contributed by atoms with van der Waals surface area (Å²) in [6.45, 7) is 1.19. The fraction of sp³-hybridized carbons (Fsp3) is 0.368. The molecule has 11 heteroatoms. The largest absolute Gasteiger partial charge is 0.484 e. The Morgan fingerprint density at radius 3 is 2.20 bits per heavy atom. The zero-order valence-electron chi connectivity index (χ0n) is 15.9. The quantitative estimate of drug-likeness (QED) is 0.645. The van der Waals surface area contributed by atoms with Gasteiger partial charge in [-0.2, -0.15) is 26.3 Å². The molecule has 0 saturated carbocycles. The Hall–Kier alpha value is -2.98. The van der Waals surface area contributed by atoms with Crippen molar-refractivity contribution in [2.75, 3.05) is 13.2 Å². The highest BCUT2D eigenvalue weighted by atomic mass is 19.4. The number of rotatable bonds is 7. The molecule has 1 aromatic carbocycles. The molecule has 30 heavy (non-hydrogen) atoms. The number of pyridine rings is 1. The van der Waals surface area contributed by atoms with Crippen molar-refractivity contribution in [2.45, 2.75) is 32.2 Å². The van der Waals surface area contributed by atoms with Gasteiger partial charge in [-0.3, -0.25) is 9.78 Å². The van der Waals surface area contributed by atoms with E-state index < -0.39 is 43.1 Å². The van der Waals surface area contributed by atoms with Crippen LogP contribution in [0.4, 0.5) is 26.3 Å². The molecule has 0 aliphatic rings. The molecule has 1 amide bonds. The van der Waals surface area contributed by atoms with Gasteiger partial charge in [-0.15, -0.1) is 0 Å². The van der Waals surface area contributed by atoms with Gasteiger partial charge in [0, 0.05) is 0 Å². The van der Waals surface area contributed by atoms with Crippen molar-refractivity contribution < 1.29 is 40.6 Å². The Morgan fingerprint density at radius 2 is 1.67 bits per heavy atom. The molecule has 5 nitrogen and oxygen atoms in total. The molecule has 0 saturated heterocycles. The minimum absolute atomic E-state index is 0.0276. The predicted octanol–water partition coefficient (Wildman–Crippen LogP) is 4.61. The lowest BCUT2D eigenvalue weighted by molar-refractivity contribution is -0.153. The molecule has 2 rings (SSSR count). The number of amides is 1. The van der Waals surface area contributed by atoms with Crippen molar-refractivity contribution >= 4 is 5.91 Å². The van der Waals surface area contributed by atoms with Crippen molar-refractivity contribution in [2.24, 2.45) is 0 Å². The summed E-state index contributed by atoms with van der Waals surface area (Å²) in [7, 11) is 0. The van der Waals surface area contributed by atoms with E-state index in [9.17, 15) is 31.1 Å². The SMILES string of the molecule is Cc1nc([C@@H](C)NC(=O)COc2ccc(C(F)(F)F)cc2)ccc1OCC(F)(F)F. The molecule has 0 aliphatic heterocycles. The molecule has 0 radical (unpaired) electrons. The number of halogens is 6. The number of hydrogen-bond donors (Lipinski definition) is 1. The predicted molar refractivity (Wildman–Crippen MR) is 94.0 cm³/mol. The third-order valence-electron chi connectivity index (χ3n) is 3.82. The van der Waals surface area contributed by atoms with Crippen LogP contribution in [0.5, 0.6) is 11.5 Å². The fourth-order valence-electron chi connectivity index (χ4n) is 2.37. The van der Waals surface area contributed by atoms with Crippen LogP contribution < -0.4 is 14.8 Å². The van der Waals surface area contributed by atoms with Gasteiger partial charge in [0.1, 0.15) is 11.5 Å². The van der Waals surface area contributed by atoms with Crippen LogP contribution in [0.15, 0.2) is 36.4 Å². The third kappa shape index (κ3) is 7.12. The lowest BCUT2D eigenvalue weighted by Gasteiger charge is -2.16. The van der Waals surface area contributed by atoms with Gasteiger partial charge >= 0.3 is 12.4 Å². The molecule has 0 unspecified atom stereocenters. The fourth-order valence-corrected chi connectivity index (χ4v) is 2.37. The van der Waals surface area contributed by atoms with Gasteiger partial charge in [-0.05, 0) is 50.2 Å². The molecule has 0 fully saturated rings. The number of alkyl halides is 6. The summed E-state index contributed by atoms with van der Waals surface area (Å²) in [5.74, 6) is -0.495. The first-order valence-electron chi connectivity index (χ1n) is 8.61. The van der Waals surface area contributed by atoms with Gasteiger partial charge in [0.25, 0.3) is 5.91 Å². The molecule has 1 heterocycles. The van der Waals surface area contributed by atoms with Crippen LogP contribution in [-0.2, 0) is 11.0 Å². The first-order valence-corrected chi connectivity index (χ1v) is 8.61. The summed E-state index contributed by atoms with van der Waals surface area (Å²) < 4.78 is 84.1. The maximum Gasteiger partial charge on any atom is 0.422 e. The number of ether oxygens (including phenoxy) is 2. The third-order valence-corrected chi connectivity index (χ3v) is 3.82. The minimum atomic E-state index is -4.47. The summed E-state index contributed by atoms with van der Waals surface area (Å²) in [4.78, 5) is 16.1. The number of nitrogens with one attached hydrogen (secondary N) is 1. The Morgan fingerprint density at radius 1 is 1.03 bits per heavy atom. The van der Waals surface area contributed by atoms with Crippen molar-refractivity contribution in [1.82, 2.24) is 10.3 Å². The number of carbonyl (C=O) groups is 1. The van der Waals surface area contributed by atoms with E-state index in [0.717, 1.165) is 24.3 Å². The topological polar surface area (TPSA) is 60.5 Å². The molecule has 1 aromatic heterocycles. The van der Waals surface area contributed by atoms with Crippen LogP contribution in [0.25, 0.3) is 0 Å². The van der Waals surface area contributed by atoms with E-state index in [4.69, 9.17) is 4.74 Å². The second-order valence-electron chi connectivity index (χ2n) is 6.32. The molecule has 0 aliphatic carbocycles. The summed E-state index contributed by atoms with van der Waals surface area (Å²) in [5.41, 5.74) is -0.231. The highest BCUT2D eigenvalue weighted by Gasteiger charge is 2.30.